The number of carbonyl (C=O) groups is 1. The van der Waals surface area contributed by atoms with Crippen LogP contribution in [-0.2, 0) is 11.3 Å². The molecule has 0 bridgehead atoms. The fourth-order valence-electron chi connectivity index (χ4n) is 1.38. The van der Waals surface area contributed by atoms with Gasteiger partial charge in [0.15, 0.2) is 0 Å². The van der Waals surface area contributed by atoms with E-state index in [0.29, 0.717) is 6.54 Å². The molecular formula is C11H13FN2O. The third kappa shape index (κ3) is 2.33. The quantitative estimate of drug-likeness (QED) is 0.793. The Bertz CT molecular complexity index is 388. The molecule has 1 aromatic carbocycles. The molecule has 0 heterocycles. The van der Waals surface area contributed by atoms with Gasteiger partial charge in [-0.25, -0.2) is 4.39 Å². The number of hydrogen-bond donors (Lipinski definition) is 2. The molecule has 0 unspecified atom stereocenters. The van der Waals surface area contributed by atoms with Crippen molar-refractivity contribution in [2.75, 3.05) is 5.32 Å². The second kappa shape index (κ2) is 3.98. The molecule has 1 aliphatic carbocycles. The van der Waals surface area contributed by atoms with Crippen LogP contribution in [0.1, 0.15) is 18.4 Å². The van der Waals surface area contributed by atoms with Gasteiger partial charge in [0.25, 0.3) is 0 Å². The lowest BCUT2D eigenvalue weighted by atomic mass is 10.2. The van der Waals surface area contributed by atoms with Gasteiger partial charge in [-0.2, -0.15) is 0 Å². The van der Waals surface area contributed by atoms with Crippen LogP contribution >= 0.6 is 0 Å². The van der Waals surface area contributed by atoms with Gasteiger partial charge in [0.2, 0.25) is 5.91 Å². The maximum absolute atomic E-state index is 13.3. The highest BCUT2D eigenvalue weighted by Crippen LogP contribution is 2.30. The van der Waals surface area contributed by atoms with Crippen LogP contribution < -0.4 is 11.1 Å². The molecule has 0 atom stereocenters. The van der Waals surface area contributed by atoms with Crippen LogP contribution in [0.25, 0.3) is 0 Å². The van der Waals surface area contributed by atoms with Gasteiger partial charge in [0, 0.05) is 12.5 Å². The van der Waals surface area contributed by atoms with Gasteiger partial charge in [-0.3, -0.25) is 4.79 Å². The average molecular weight is 208 g/mol. The van der Waals surface area contributed by atoms with E-state index in [-0.39, 0.29) is 17.5 Å². The van der Waals surface area contributed by atoms with Crippen molar-refractivity contribution in [3.8, 4) is 0 Å². The highest BCUT2D eigenvalue weighted by atomic mass is 19.1. The Balaban J connectivity index is 2.14. The monoisotopic (exact) mass is 208 g/mol. The van der Waals surface area contributed by atoms with Crippen molar-refractivity contribution in [3.63, 3.8) is 0 Å². The van der Waals surface area contributed by atoms with Gasteiger partial charge in [-0.15, -0.1) is 0 Å². The summed E-state index contributed by atoms with van der Waals surface area (Å²) >= 11 is 0. The van der Waals surface area contributed by atoms with Crippen molar-refractivity contribution in [2.24, 2.45) is 11.7 Å². The van der Waals surface area contributed by atoms with E-state index < -0.39 is 5.82 Å². The van der Waals surface area contributed by atoms with E-state index in [9.17, 15) is 9.18 Å². The number of hydrogen-bond acceptors (Lipinski definition) is 2. The van der Waals surface area contributed by atoms with Crippen molar-refractivity contribution >= 4 is 11.6 Å². The molecule has 0 radical (unpaired) electrons. The summed E-state index contributed by atoms with van der Waals surface area (Å²) in [4.78, 5) is 11.4. The lowest BCUT2D eigenvalue weighted by Gasteiger charge is -2.07. The largest absolute Gasteiger partial charge is 0.326 e. The van der Waals surface area contributed by atoms with Crippen LogP contribution in [-0.4, -0.2) is 5.91 Å². The molecular weight excluding hydrogens is 195 g/mol. The minimum Gasteiger partial charge on any atom is -0.326 e. The van der Waals surface area contributed by atoms with Gasteiger partial charge >= 0.3 is 0 Å². The molecule has 4 heteroatoms. The first-order valence-corrected chi connectivity index (χ1v) is 5.00. The van der Waals surface area contributed by atoms with Crippen molar-refractivity contribution in [2.45, 2.75) is 19.4 Å². The summed E-state index contributed by atoms with van der Waals surface area (Å²) in [5.74, 6) is -0.435. The fourth-order valence-corrected chi connectivity index (χ4v) is 1.38. The summed E-state index contributed by atoms with van der Waals surface area (Å²) in [5.41, 5.74) is 6.48. The second-order valence-electron chi connectivity index (χ2n) is 3.78. The van der Waals surface area contributed by atoms with Crippen molar-refractivity contribution in [1.29, 1.82) is 0 Å². The molecule has 1 saturated carbocycles. The van der Waals surface area contributed by atoms with Crippen molar-refractivity contribution < 1.29 is 9.18 Å². The molecule has 1 amide bonds. The smallest absolute Gasteiger partial charge is 0.227 e. The highest BCUT2D eigenvalue weighted by molar-refractivity contribution is 5.94. The van der Waals surface area contributed by atoms with E-state index in [2.05, 4.69) is 5.32 Å². The normalized spacial score (nSPS) is 15.1. The number of carbonyl (C=O) groups excluding carboxylic acids is 1. The van der Waals surface area contributed by atoms with E-state index in [4.69, 9.17) is 5.73 Å². The Hall–Kier alpha value is -1.42. The number of benzene rings is 1. The van der Waals surface area contributed by atoms with Gasteiger partial charge in [0.1, 0.15) is 5.82 Å². The molecule has 1 fully saturated rings. The van der Waals surface area contributed by atoms with Gasteiger partial charge < -0.3 is 11.1 Å². The topological polar surface area (TPSA) is 55.1 Å². The van der Waals surface area contributed by atoms with E-state index in [1.807, 2.05) is 0 Å². The van der Waals surface area contributed by atoms with E-state index in [1.54, 1.807) is 12.1 Å². The molecule has 15 heavy (non-hydrogen) atoms. The molecule has 0 aromatic heterocycles. The van der Waals surface area contributed by atoms with Crippen molar-refractivity contribution in [1.82, 2.24) is 0 Å². The molecule has 3 nitrogen and oxygen atoms in total. The number of rotatable bonds is 3. The first-order valence-electron chi connectivity index (χ1n) is 5.00. The van der Waals surface area contributed by atoms with Gasteiger partial charge in [-0.05, 0) is 30.5 Å². The Labute approximate surface area is 87.5 Å². The summed E-state index contributed by atoms with van der Waals surface area (Å²) < 4.78 is 13.3. The van der Waals surface area contributed by atoms with Crippen LogP contribution in [0.2, 0.25) is 0 Å². The zero-order valence-electron chi connectivity index (χ0n) is 8.29. The van der Waals surface area contributed by atoms with E-state index >= 15 is 0 Å². The molecule has 0 saturated heterocycles. The molecule has 0 aliphatic heterocycles. The zero-order valence-corrected chi connectivity index (χ0v) is 8.29. The molecule has 1 aliphatic rings. The Morgan fingerprint density at radius 2 is 2.27 bits per heavy atom. The lowest BCUT2D eigenvalue weighted by molar-refractivity contribution is -0.117. The van der Waals surface area contributed by atoms with Crippen LogP contribution in [0.15, 0.2) is 18.2 Å². The van der Waals surface area contributed by atoms with E-state index in [0.717, 1.165) is 18.4 Å². The SMILES string of the molecule is NCc1ccc(F)c(NC(=O)C2CC2)c1. The van der Waals surface area contributed by atoms with Gasteiger partial charge in [0.05, 0.1) is 5.69 Å². The van der Waals surface area contributed by atoms with Gasteiger partial charge in [-0.1, -0.05) is 6.07 Å². The van der Waals surface area contributed by atoms with Crippen LogP contribution in [0.5, 0.6) is 0 Å². The summed E-state index contributed by atoms with van der Waals surface area (Å²) in [6.45, 7) is 0.340. The van der Waals surface area contributed by atoms with Crippen molar-refractivity contribution in [3.05, 3.63) is 29.6 Å². The third-order valence-corrected chi connectivity index (χ3v) is 2.47. The van der Waals surface area contributed by atoms with Crippen LogP contribution in [0, 0.1) is 11.7 Å². The number of halogens is 1. The molecule has 2 rings (SSSR count). The predicted molar refractivity (Wildman–Crippen MR) is 55.6 cm³/mol. The number of nitrogens with two attached hydrogens (primary N) is 1. The van der Waals surface area contributed by atoms with Crippen LogP contribution in [0.4, 0.5) is 10.1 Å². The zero-order chi connectivity index (χ0) is 10.8. The average Bonchev–Trinajstić information content (AvgIpc) is 3.04. The maximum atomic E-state index is 13.3. The molecule has 0 spiro atoms. The summed E-state index contributed by atoms with van der Waals surface area (Å²) in [5, 5.41) is 2.58. The third-order valence-electron chi connectivity index (χ3n) is 2.47. The Morgan fingerprint density at radius 3 is 2.87 bits per heavy atom. The lowest BCUT2D eigenvalue weighted by Crippen LogP contribution is -2.14. The number of amides is 1. The first kappa shape index (κ1) is 10.1. The second-order valence-corrected chi connectivity index (χ2v) is 3.78. The number of anilines is 1. The minimum atomic E-state index is -0.416. The minimum absolute atomic E-state index is 0.0749. The van der Waals surface area contributed by atoms with Crippen LogP contribution in [0.3, 0.4) is 0 Å². The molecule has 80 valence electrons. The standard InChI is InChI=1S/C11H13FN2O/c12-9-4-1-7(6-13)5-10(9)14-11(15)8-2-3-8/h1,4-5,8H,2-3,6,13H2,(H,14,15). The Kier molecular flexibility index (Phi) is 2.68. The Morgan fingerprint density at radius 1 is 1.53 bits per heavy atom. The fraction of sp³-hybridized carbons (Fsp3) is 0.364. The molecule has 3 N–H and O–H groups in total. The predicted octanol–water partition coefficient (Wildman–Crippen LogP) is 1.63. The summed E-state index contributed by atoms with van der Waals surface area (Å²) in [7, 11) is 0. The first-order chi connectivity index (χ1) is 7.20. The highest BCUT2D eigenvalue weighted by Gasteiger charge is 2.29. The summed E-state index contributed by atoms with van der Waals surface area (Å²) in [6.07, 6.45) is 1.81. The maximum Gasteiger partial charge on any atom is 0.227 e. The number of nitrogens with one attached hydrogen (secondary N) is 1. The molecule has 1 aromatic rings. The summed E-state index contributed by atoms with van der Waals surface area (Å²) in [6, 6.07) is 4.52. The van der Waals surface area contributed by atoms with E-state index in [1.165, 1.54) is 6.07 Å².